The average molecular weight is 313 g/mol. The number of carboxylic acids is 1. The SMILES string of the molecule is CC1(C)C(C(=O)O)C1C(=O)Nc1ccc([N+](=O)[O-])cc1Cl. The molecule has 0 saturated heterocycles. The molecular weight excluding hydrogens is 300 g/mol. The van der Waals surface area contributed by atoms with Crippen LogP contribution in [0, 0.1) is 27.4 Å². The number of anilines is 1. The van der Waals surface area contributed by atoms with Gasteiger partial charge in [0.2, 0.25) is 5.91 Å². The van der Waals surface area contributed by atoms with Gasteiger partial charge in [0, 0.05) is 12.1 Å². The van der Waals surface area contributed by atoms with Crippen molar-refractivity contribution in [2.45, 2.75) is 13.8 Å². The maximum absolute atomic E-state index is 12.1. The van der Waals surface area contributed by atoms with E-state index in [4.69, 9.17) is 16.7 Å². The molecule has 0 bridgehead atoms. The number of benzene rings is 1. The third-order valence-electron chi connectivity index (χ3n) is 3.80. The Hall–Kier alpha value is -2.15. The van der Waals surface area contributed by atoms with Gasteiger partial charge in [0.05, 0.1) is 27.5 Å². The number of amides is 1. The van der Waals surface area contributed by atoms with Crippen molar-refractivity contribution < 1.29 is 19.6 Å². The van der Waals surface area contributed by atoms with Crippen LogP contribution in [0.1, 0.15) is 13.8 Å². The molecule has 1 aliphatic rings. The predicted octanol–water partition coefficient (Wildman–Crippen LogP) is 2.54. The van der Waals surface area contributed by atoms with Crippen molar-refractivity contribution in [3.8, 4) is 0 Å². The predicted molar refractivity (Wildman–Crippen MR) is 75.1 cm³/mol. The summed E-state index contributed by atoms with van der Waals surface area (Å²) in [5.74, 6) is -2.87. The molecule has 0 aromatic heterocycles. The number of halogens is 1. The molecule has 1 aromatic carbocycles. The Labute approximate surface area is 125 Å². The maximum Gasteiger partial charge on any atom is 0.307 e. The molecule has 1 aliphatic carbocycles. The number of nitrogens with zero attached hydrogens (tertiary/aromatic N) is 1. The van der Waals surface area contributed by atoms with E-state index in [2.05, 4.69) is 5.32 Å². The van der Waals surface area contributed by atoms with Gasteiger partial charge in [0.15, 0.2) is 0 Å². The smallest absolute Gasteiger partial charge is 0.307 e. The summed E-state index contributed by atoms with van der Waals surface area (Å²) in [6.07, 6.45) is 0. The number of hydrogen-bond acceptors (Lipinski definition) is 4. The first-order valence-electron chi connectivity index (χ1n) is 6.14. The zero-order valence-electron chi connectivity index (χ0n) is 11.3. The molecule has 0 spiro atoms. The lowest BCUT2D eigenvalue weighted by molar-refractivity contribution is -0.384. The molecule has 1 amide bonds. The molecular formula is C13H13ClN2O5. The Morgan fingerprint density at radius 1 is 1.38 bits per heavy atom. The van der Waals surface area contributed by atoms with E-state index in [1.165, 1.54) is 12.1 Å². The van der Waals surface area contributed by atoms with Crippen LogP contribution in [0.5, 0.6) is 0 Å². The first-order chi connectivity index (χ1) is 9.66. The Morgan fingerprint density at radius 2 is 2.00 bits per heavy atom. The fourth-order valence-electron chi connectivity index (χ4n) is 2.52. The van der Waals surface area contributed by atoms with Crippen molar-refractivity contribution >= 4 is 34.9 Å². The molecule has 2 rings (SSSR count). The number of rotatable bonds is 4. The molecule has 7 nitrogen and oxygen atoms in total. The number of carbonyl (C=O) groups is 2. The Balaban J connectivity index is 2.15. The van der Waals surface area contributed by atoms with E-state index < -0.39 is 34.1 Å². The van der Waals surface area contributed by atoms with Crippen LogP contribution < -0.4 is 5.32 Å². The summed E-state index contributed by atoms with van der Waals surface area (Å²) in [7, 11) is 0. The van der Waals surface area contributed by atoms with Crippen LogP contribution in [0.4, 0.5) is 11.4 Å². The van der Waals surface area contributed by atoms with Crippen molar-refractivity contribution in [3.05, 3.63) is 33.3 Å². The average Bonchev–Trinajstić information content (AvgIpc) is 2.95. The second kappa shape index (κ2) is 5.00. The van der Waals surface area contributed by atoms with Crippen LogP contribution in [0.15, 0.2) is 18.2 Å². The summed E-state index contributed by atoms with van der Waals surface area (Å²) in [4.78, 5) is 33.2. The lowest BCUT2D eigenvalue weighted by Gasteiger charge is -2.07. The highest BCUT2D eigenvalue weighted by molar-refractivity contribution is 6.34. The van der Waals surface area contributed by atoms with Crippen LogP contribution >= 0.6 is 11.6 Å². The van der Waals surface area contributed by atoms with Crippen molar-refractivity contribution in [1.82, 2.24) is 0 Å². The summed E-state index contributed by atoms with van der Waals surface area (Å²) in [5.41, 5.74) is -0.587. The van der Waals surface area contributed by atoms with Gasteiger partial charge in [-0.15, -0.1) is 0 Å². The summed E-state index contributed by atoms with van der Waals surface area (Å²) in [6, 6.07) is 3.67. The second-order valence-corrected chi connectivity index (χ2v) is 5.93. The van der Waals surface area contributed by atoms with Crippen LogP contribution in [0.2, 0.25) is 5.02 Å². The van der Waals surface area contributed by atoms with Crippen LogP contribution in [-0.4, -0.2) is 21.9 Å². The Morgan fingerprint density at radius 3 is 2.43 bits per heavy atom. The quantitative estimate of drug-likeness (QED) is 0.655. The van der Waals surface area contributed by atoms with Gasteiger partial charge in [0.1, 0.15) is 0 Å². The van der Waals surface area contributed by atoms with Gasteiger partial charge in [-0.1, -0.05) is 25.4 Å². The highest BCUT2D eigenvalue weighted by Gasteiger charge is 2.65. The van der Waals surface area contributed by atoms with Gasteiger partial charge in [-0.3, -0.25) is 19.7 Å². The van der Waals surface area contributed by atoms with E-state index in [0.717, 1.165) is 6.07 Å². The summed E-state index contributed by atoms with van der Waals surface area (Å²) in [6.45, 7) is 3.40. The summed E-state index contributed by atoms with van der Waals surface area (Å²) >= 11 is 5.88. The molecule has 21 heavy (non-hydrogen) atoms. The first kappa shape index (κ1) is 15.2. The van der Waals surface area contributed by atoms with Gasteiger partial charge < -0.3 is 10.4 Å². The molecule has 1 aromatic rings. The van der Waals surface area contributed by atoms with Gasteiger partial charge in [-0.25, -0.2) is 0 Å². The van der Waals surface area contributed by atoms with E-state index in [1.807, 2.05) is 0 Å². The fourth-order valence-corrected chi connectivity index (χ4v) is 2.74. The molecule has 112 valence electrons. The molecule has 2 unspecified atom stereocenters. The normalized spacial score (nSPS) is 22.4. The van der Waals surface area contributed by atoms with E-state index in [9.17, 15) is 19.7 Å². The van der Waals surface area contributed by atoms with Gasteiger partial charge in [0.25, 0.3) is 5.69 Å². The fraction of sp³-hybridized carbons (Fsp3) is 0.385. The number of hydrogen-bond donors (Lipinski definition) is 2. The second-order valence-electron chi connectivity index (χ2n) is 5.53. The summed E-state index contributed by atoms with van der Waals surface area (Å²) < 4.78 is 0. The van der Waals surface area contributed by atoms with Gasteiger partial charge in [-0.05, 0) is 11.5 Å². The number of nitro groups is 1. The molecule has 8 heteroatoms. The van der Waals surface area contributed by atoms with E-state index in [0.29, 0.717) is 0 Å². The Kier molecular flexibility index (Phi) is 3.63. The third-order valence-corrected chi connectivity index (χ3v) is 4.11. The number of non-ortho nitro benzene ring substituents is 1. The van der Waals surface area contributed by atoms with Gasteiger partial charge >= 0.3 is 5.97 Å². The van der Waals surface area contributed by atoms with E-state index in [-0.39, 0.29) is 16.4 Å². The molecule has 0 heterocycles. The van der Waals surface area contributed by atoms with Crippen molar-refractivity contribution in [2.75, 3.05) is 5.32 Å². The van der Waals surface area contributed by atoms with Crippen molar-refractivity contribution in [2.24, 2.45) is 17.3 Å². The highest BCUT2D eigenvalue weighted by Crippen LogP contribution is 2.58. The topological polar surface area (TPSA) is 110 Å². The molecule has 0 aliphatic heterocycles. The lowest BCUT2D eigenvalue weighted by Crippen LogP contribution is -2.18. The number of carbonyl (C=O) groups excluding carboxylic acids is 1. The van der Waals surface area contributed by atoms with Crippen molar-refractivity contribution in [1.29, 1.82) is 0 Å². The third kappa shape index (κ3) is 2.69. The lowest BCUT2D eigenvalue weighted by atomic mass is 10.1. The number of carboxylic acid groups (broad SMARTS) is 1. The van der Waals surface area contributed by atoms with Crippen LogP contribution in [0.3, 0.4) is 0 Å². The zero-order valence-corrected chi connectivity index (χ0v) is 12.0. The number of nitro benzene ring substituents is 1. The van der Waals surface area contributed by atoms with Crippen molar-refractivity contribution in [3.63, 3.8) is 0 Å². The van der Waals surface area contributed by atoms with Crippen LogP contribution in [-0.2, 0) is 9.59 Å². The standard InChI is InChI=1S/C13H13ClN2O5/c1-13(2)9(10(13)12(18)19)11(17)15-8-4-3-6(16(20)21)5-7(8)14/h3-5,9-10H,1-2H3,(H,15,17)(H,18,19). The first-order valence-corrected chi connectivity index (χ1v) is 6.51. The van der Waals surface area contributed by atoms with E-state index in [1.54, 1.807) is 13.8 Å². The summed E-state index contributed by atoms with van der Waals surface area (Å²) in [5, 5.41) is 22.2. The monoisotopic (exact) mass is 312 g/mol. The zero-order chi connectivity index (χ0) is 15.9. The molecule has 2 N–H and O–H groups in total. The minimum atomic E-state index is -1.02. The minimum Gasteiger partial charge on any atom is -0.481 e. The minimum absolute atomic E-state index is 0.0304. The largest absolute Gasteiger partial charge is 0.481 e. The van der Waals surface area contributed by atoms with Gasteiger partial charge in [-0.2, -0.15) is 0 Å². The van der Waals surface area contributed by atoms with E-state index >= 15 is 0 Å². The maximum atomic E-state index is 12.1. The highest BCUT2D eigenvalue weighted by atomic mass is 35.5. The molecule has 0 radical (unpaired) electrons. The Bertz CT molecular complexity index is 643. The molecule has 2 atom stereocenters. The number of nitrogens with one attached hydrogen (secondary N) is 1. The molecule has 1 saturated carbocycles. The van der Waals surface area contributed by atoms with Crippen LogP contribution in [0.25, 0.3) is 0 Å². The molecule has 1 fully saturated rings. The number of aliphatic carboxylic acids is 1.